The predicted molar refractivity (Wildman–Crippen MR) is 63.1 cm³/mol. The van der Waals surface area contributed by atoms with Gasteiger partial charge in [-0.05, 0) is 25.8 Å². The molecule has 0 amide bonds. The average Bonchev–Trinajstić information content (AvgIpc) is 2.74. The Bertz CT molecular complexity index is 230. The van der Waals surface area contributed by atoms with Crippen molar-refractivity contribution in [3.8, 4) is 0 Å². The number of rotatable bonds is 2. The molecule has 0 radical (unpaired) electrons. The van der Waals surface area contributed by atoms with Crippen LogP contribution in [0.25, 0.3) is 0 Å². The van der Waals surface area contributed by atoms with E-state index in [4.69, 9.17) is 4.74 Å². The number of hydrazine groups is 1. The van der Waals surface area contributed by atoms with Gasteiger partial charge in [-0.3, -0.25) is 10.3 Å². The number of hydrogen-bond acceptors (Lipinski definition) is 4. The minimum absolute atomic E-state index is 0.693. The topological polar surface area (TPSA) is 27.7 Å². The zero-order valence-corrected chi connectivity index (χ0v) is 10.0. The summed E-state index contributed by atoms with van der Waals surface area (Å²) in [6, 6.07) is 1.50. The van der Waals surface area contributed by atoms with E-state index in [1.165, 1.54) is 38.8 Å². The van der Waals surface area contributed by atoms with Crippen LogP contribution in [0.15, 0.2) is 0 Å². The highest BCUT2D eigenvalue weighted by molar-refractivity contribution is 4.93. The lowest BCUT2D eigenvalue weighted by Gasteiger charge is -2.36. The van der Waals surface area contributed by atoms with Gasteiger partial charge in [-0.1, -0.05) is 6.42 Å². The van der Waals surface area contributed by atoms with Crippen LogP contribution in [0.1, 0.15) is 25.7 Å². The fourth-order valence-electron chi connectivity index (χ4n) is 3.32. The van der Waals surface area contributed by atoms with Crippen molar-refractivity contribution >= 4 is 0 Å². The average molecular weight is 225 g/mol. The van der Waals surface area contributed by atoms with Crippen LogP contribution in [0.5, 0.6) is 0 Å². The van der Waals surface area contributed by atoms with Gasteiger partial charge in [-0.2, -0.15) is 0 Å². The smallest absolute Gasteiger partial charge is 0.0608 e. The van der Waals surface area contributed by atoms with Gasteiger partial charge < -0.3 is 4.74 Å². The van der Waals surface area contributed by atoms with E-state index < -0.39 is 0 Å². The molecule has 0 aliphatic carbocycles. The molecule has 4 heteroatoms. The molecule has 0 spiro atoms. The van der Waals surface area contributed by atoms with E-state index in [-0.39, 0.29) is 0 Å². The molecule has 0 aromatic rings. The standard InChI is InChI=1S/C12H23N3O/c1-2-5-14-6-4-11(12(14)3-1)13-15-7-9-16-10-8-15/h11-13H,1-10H2. The first kappa shape index (κ1) is 11.0. The fraction of sp³-hybridized carbons (Fsp3) is 1.00. The lowest BCUT2D eigenvalue weighted by Crippen LogP contribution is -2.54. The molecule has 2 atom stereocenters. The van der Waals surface area contributed by atoms with Crippen LogP contribution in [-0.4, -0.2) is 61.4 Å². The van der Waals surface area contributed by atoms with E-state index in [1.54, 1.807) is 0 Å². The summed E-state index contributed by atoms with van der Waals surface area (Å²) in [6.07, 6.45) is 5.53. The van der Waals surface area contributed by atoms with Crippen molar-refractivity contribution in [1.29, 1.82) is 0 Å². The largest absolute Gasteiger partial charge is 0.379 e. The maximum atomic E-state index is 5.38. The third kappa shape index (κ3) is 2.25. The Labute approximate surface area is 97.9 Å². The first-order valence-corrected chi connectivity index (χ1v) is 6.76. The Morgan fingerprint density at radius 1 is 0.938 bits per heavy atom. The molecule has 0 aromatic heterocycles. The van der Waals surface area contributed by atoms with E-state index in [2.05, 4.69) is 15.3 Å². The van der Waals surface area contributed by atoms with E-state index in [0.717, 1.165) is 32.3 Å². The van der Waals surface area contributed by atoms with Gasteiger partial charge in [0, 0.05) is 31.7 Å². The molecule has 16 heavy (non-hydrogen) atoms. The van der Waals surface area contributed by atoms with Gasteiger partial charge in [0.1, 0.15) is 0 Å². The molecule has 4 nitrogen and oxygen atoms in total. The highest BCUT2D eigenvalue weighted by atomic mass is 16.5. The second-order valence-electron chi connectivity index (χ2n) is 5.22. The monoisotopic (exact) mass is 225 g/mol. The van der Waals surface area contributed by atoms with Crippen molar-refractivity contribution in [3.63, 3.8) is 0 Å². The number of morpholine rings is 1. The zero-order chi connectivity index (χ0) is 10.8. The minimum Gasteiger partial charge on any atom is -0.379 e. The van der Waals surface area contributed by atoms with Crippen LogP contribution in [0.2, 0.25) is 0 Å². The molecule has 3 heterocycles. The maximum absolute atomic E-state index is 5.38. The number of ether oxygens (including phenoxy) is 1. The van der Waals surface area contributed by atoms with Gasteiger partial charge in [0.2, 0.25) is 0 Å². The van der Waals surface area contributed by atoms with Gasteiger partial charge in [0.05, 0.1) is 13.2 Å². The molecule has 2 unspecified atom stereocenters. The van der Waals surface area contributed by atoms with Crippen LogP contribution in [0.4, 0.5) is 0 Å². The summed E-state index contributed by atoms with van der Waals surface area (Å²) < 4.78 is 5.38. The maximum Gasteiger partial charge on any atom is 0.0608 e. The third-order valence-electron chi connectivity index (χ3n) is 4.22. The second-order valence-corrected chi connectivity index (χ2v) is 5.22. The van der Waals surface area contributed by atoms with E-state index in [9.17, 15) is 0 Å². The van der Waals surface area contributed by atoms with Gasteiger partial charge in [0.15, 0.2) is 0 Å². The summed E-state index contributed by atoms with van der Waals surface area (Å²) in [7, 11) is 0. The molecule has 0 bridgehead atoms. The lowest BCUT2D eigenvalue weighted by atomic mass is 9.99. The van der Waals surface area contributed by atoms with Crippen molar-refractivity contribution in [2.75, 3.05) is 39.4 Å². The van der Waals surface area contributed by atoms with Crippen LogP contribution in [-0.2, 0) is 4.74 Å². The van der Waals surface area contributed by atoms with Crippen molar-refractivity contribution in [3.05, 3.63) is 0 Å². The van der Waals surface area contributed by atoms with Gasteiger partial charge >= 0.3 is 0 Å². The molecule has 0 saturated carbocycles. The number of nitrogens with zero attached hydrogens (tertiary/aromatic N) is 2. The Hall–Kier alpha value is -0.160. The summed E-state index contributed by atoms with van der Waals surface area (Å²) >= 11 is 0. The second kappa shape index (κ2) is 5.00. The number of piperidine rings is 1. The Kier molecular flexibility index (Phi) is 3.43. The Morgan fingerprint density at radius 2 is 1.81 bits per heavy atom. The van der Waals surface area contributed by atoms with Crippen molar-refractivity contribution in [1.82, 2.24) is 15.3 Å². The molecule has 3 saturated heterocycles. The summed E-state index contributed by atoms with van der Waals surface area (Å²) in [5, 5.41) is 2.37. The van der Waals surface area contributed by atoms with Gasteiger partial charge in [0.25, 0.3) is 0 Å². The van der Waals surface area contributed by atoms with E-state index in [1.807, 2.05) is 0 Å². The number of fused-ring (bicyclic) bond motifs is 1. The molecule has 3 rings (SSSR count). The summed E-state index contributed by atoms with van der Waals surface area (Å²) in [4.78, 5) is 2.68. The van der Waals surface area contributed by atoms with Gasteiger partial charge in [-0.25, -0.2) is 5.01 Å². The normalized spacial score (nSPS) is 37.5. The molecular formula is C12H23N3O. The molecular weight excluding hydrogens is 202 g/mol. The van der Waals surface area contributed by atoms with Crippen molar-refractivity contribution in [2.24, 2.45) is 0 Å². The van der Waals surface area contributed by atoms with Crippen LogP contribution >= 0.6 is 0 Å². The minimum atomic E-state index is 0.693. The van der Waals surface area contributed by atoms with Crippen molar-refractivity contribution in [2.45, 2.75) is 37.8 Å². The summed E-state index contributed by atoms with van der Waals surface area (Å²) in [6.45, 7) is 6.48. The molecule has 0 aromatic carbocycles. The predicted octanol–water partition coefficient (Wildman–Crippen LogP) is 0.450. The number of nitrogens with one attached hydrogen (secondary N) is 1. The zero-order valence-electron chi connectivity index (χ0n) is 10.0. The molecule has 3 aliphatic rings. The van der Waals surface area contributed by atoms with E-state index >= 15 is 0 Å². The van der Waals surface area contributed by atoms with E-state index in [0.29, 0.717) is 6.04 Å². The van der Waals surface area contributed by atoms with Gasteiger partial charge in [-0.15, -0.1) is 0 Å². The summed E-state index contributed by atoms with van der Waals surface area (Å²) in [5.74, 6) is 0. The molecule has 3 aliphatic heterocycles. The lowest BCUT2D eigenvalue weighted by molar-refractivity contribution is -0.00117. The SMILES string of the molecule is C1CCN2CCC(NN3CCOCC3)C2C1. The number of hydrogen-bond donors (Lipinski definition) is 1. The highest BCUT2D eigenvalue weighted by Crippen LogP contribution is 2.27. The van der Waals surface area contributed by atoms with Crippen LogP contribution in [0.3, 0.4) is 0 Å². The highest BCUT2D eigenvalue weighted by Gasteiger charge is 2.36. The Morgan fingerprint density at radius 3 is 2.69 bits per heavy atom. The quantitative estimate of drug-likeness (QED) is 0.738. The van der Waals surface area contributed by atoms with Crippen LogP contribution < -0.4 is 5.43 Å². The first-order valence-electron chi connectivity index (χ1n) is 6.76. The third-order valence-corrected chi connectivity index (χ3v) is 4.22. The van der Waals surface area contributed by atoms with Crippen molar-refractivity contribution < 1.29 is 4.74 Å². The molecule has 1 N–H and O–H groups in total. The molecule has 3 fully saturated rings. The Balaban J connectivity index is 1.54. The van der Waals surface area contributed by atoms with Crippen LogP contribution in [0, 0.1) is 0 Å². The molecule has 92 valence electrons. The first-order chi connectivity index (χ1) is 7.93. The fourth-order valence-corrected chi connectivity index (χ4v) is 3.32. The summed E-state index contributed by atoms with van der Waals surface area (Å²) in [5.41, 5.74) is 3.73.